The summed E-state index contributed by atoms with van der Waals surface area (Å²) in [6.45, 7) is 10.1. The van der Waals surface area contributed by atoms with E-state index in [1.165, 1.54) is 0 Å². The van der Waals surface area contributed by atoms with Gasteiger partial charge in [0.1, 0.15) is 0 Å². The molecule has 1 aliphatic rings. The van der Waals surface area contributed by atoms with Crippen molar-refractivity contribution >= 4 is 17.7 Å². The van der Waals surface area contributed by atoms with Crippen LogP contribution in [0.2, 0.25) is 0 Å². The van der Waals surface area contributed by atoms with Crippen LogP contribution in [0.3, 0.4) is 0 Å². The van der Waals surface area contributed by atoms with Gasteiger partial charge in [-0.25, -0.2) is 0 Å². The highest BCUT2D eigenvalue weighted by Crippen LogP contribution is 2.25. The molecule has 0 saturated carbocycles. The zero-order chi connectivity index (χ0) is 12.3. The van der Waals surface area contributed by atoms with Crippen molar-refractivity contribution in [1.29, 1.82) is 0 Å². The van der Waals surface area contributed by atoms with Crippen LogP contribution >= 0.6 is 11.8 Å². The van der Waals surface area contributed by atoms with E-state index in [0.29, 0.717) is 12.5 Å². The number of carbonyl (C=O) groups is 1. The minimum atomic E-state index is 0.136. The Kier molecular flexibility index (Phi) is 4.68. The zero-order valence-corrected chi connectivity index (χ0v) is 11.9. The lowest BCUT2D eigenvalue weighted by Crippen LogP contribution is -2.44. The number of hydrogen-bond donors (Lipinski definition) is 1. The van der Waals surface area contributed by atoms with Crippen molar-refractivity contribution in [3.8, 4) is 0 Å². The molecular weight excluding hydrogens is 220 g/mol. The number of thioether (sulfide) groups is 1. The predicted octanol–water partition coefficient (Wildman–Crippen LogP) is 1.93. The minimum Gasteiger partial charge on any atom is -0.325 e. The highest BCUT2D eigenvalue weighted by atomic mass is 32.2. The van der Waals surface area contributed by atoms with Gasteiger partial charge in [0.25, 0.3) is 0 Å². The topological polar surface area (TPSA) is 32.3 Å². The second-order valence-electron chi connectivity index (χ2n) is 5.51. The van der Waals surface area contributed by atoms with Gasteiger partial charge in [0.05, 0.1) is 12.7 Å². The Morgan fingerprint density at radius 2 is 2.19 bits per heavy atom. The van der Waals surface area contributed by atoms with Gasteiger partial charge in [0, 0.05) is 11.3 Å². The number of nitrogens with zero attached hydrogens (tertiary/aromatic N) is 1. The van der Waals surface area contributed by atoms with Crippen molar-refractivity contribution < 1.29 is 4.79 Å². The third-order valence-electron chi connectivity index (χ3n) is 2.98. The molecule has 1 aliphatic heterocycles. The third-order valence-corrected chi connectivity index (χ3v) is 4.22. The Morgan fingerprint density at radius 3 is 2.69 bits per heavy atom. The summed E-state index contributed by atoms with van der Waals surface area (Å²) in [6.07, 6.45) is 3.38. The Morgan fingerprint density at radius 1 is 1.56 bits per heavy atom. The highest BCUT2D eigenvalue weighted by molar-refractivity contribution is 7.99. The molecule has 1 fully saturated rings. The summed E-state index contributed by atoms with van der Waals surface area (Å²) in [5.74, 6) is 0.857. The van der Waals surface area contributed by atoms with Crippen LogP contribution in [0.25, 0.3) is 0 Å². The van der Waals surface area contributed by atoms with Gasteiger partial charge >= 0.3 is 0 Å². The van der Waals surface area contributed by atoms with Crippen molar-refractivity contribution in [2.45, 2.75) is 45.0 Å². The van der Waals surface area contributed by atoms with Crippen LogP contribution in [0.1, 0.15) is 34.1 Å². The Bertz CT molecular complexity index is 253. The SMILES string of the molecule is CSC(C)(C)CN1C(=O)CNC1CC(C)C. The fourth-order valence-electron chi connectivity index (χ4n) is 1.92. The van der Waals surface area contributed by atoms with Crippen LogP contribution in [0.15, 0.2) is 0 Å². The number of nitrogens with one attached hydrogen (secondary N) is 1. The first-order chi connectivity index (χ1) is 7.35. The molecule has 1 N–H and O–H groups in total. The first-order valence-electron chi connectivity index (χ1n) is 5.94. The van der Waals surface area contributed by atoms with Crippen molar-refractivity contribution in [2.24, 2.45) is 5.92 Å². The summed E-state index contributed by atoms with van der Waals surface area (Å²) in [5, 5.41) is 3.30. The van der Waals surface area contributed by atoms with E-state index in [1.54, 1.807) is 0 Å². The molecule has 3 nitrogen and oxygen atoms in total. The van der Waals surface area contributed by atoms with Crippen LogP contribution in [-0.4, -0.2) is 41.1 Å². The fraction of sp³-hybridized carbons (Fsp3) is 0.917. The van der Waals surface area contributed by atoms with Gasteiger partial charge < -0.3 is 4.90 Å². The van der Waals surface area contributed by atoms with Crippen LogP contribution < -0.4 is 5.32 Å². The van der Waals surface area contributed by atoms with E-state index in [1.807, 2.05) is 16.7 Å². The van der Waals surface area contributed by atoms with Gasteiger partial charge in [0.2, 0.25) is 5.91 Å². The number of hydrogen-bond acceptors (Lipinski definition) is 3. The van der Waals surface area contributed by atoms with Gasteiger partial charge in [0.15, 0.2) is 0 Å². The molecule has 16 heavy (non-hydrogen) atoms. The molecule has 0 aliphatic carbocycles. The lowest BCUT2D eigenvalue weighted by Gasteiger charge is -2.33. The number of carbonyl (C=O) groups excluding carboxylic acids is 1. The van der Waals surface area contributed by atoms with Gasteiger partial charge in [-0.05, 0) is 32.4 Å². The molecule has 1 heterocycles. The van der Waals surface area contributed by atoms with E-state index < -0.39 is 0 Å². The van der Waals surface area contributed by atoms with E-state index in [-0.39, 0.29) is 16.8 Å². The second-order valence-corrected chi connectivity index (χ2v) is 7.03. The smallest absolute Gasteiger partial charge is 0.237 e. The molecule has 0 bridgehead atoms. The van der Waals surface area contributed by atoms with Gasteiger partial charge in [-0.1, -0.05) is 13.8 Å². The zero-order valence-electron chi connectivity index (χ0n) is 11.0. The maximum atomic E-state index is 11.8. The van der Waals surface area contributed by atoms with Crippen molar-refractivity contribution in [3.05, 3.63) is 0 Å². The van der Waals surface area contributed by atoms with Gasteiger partial charge in [-0.2, -0.15) is 11.8 Å². The standard InChI is InChI=1S/C12H24N2OS/c1-9(2)6-10-13-7-11(15)14(10)8-12(3,4)16-5/h9-10,13H,6-8H2,1-5H3. The van der Waals surface area contributed by atoms with E-state index in [9.17, 15) is 4.79 Å². The molecule has 0 spiro atoms. The van der Waals surface area contributed by atoms with Gasteiger partial charge in [-0.15, -0.1) is 0 Å². The quantitative estimate of drug-likeness (QED) is 0.802. The maximum Gasteiger partial charge on any atom is 0.237 e. The third kappa shape index (κ3) is 3.67. The number of rotatable bonds is 5. The molecule has 1 rings (SSSR count). The van der Waals surface area contributed by atoms with Crippen LogP contribution in [0.5, 0.6) is 0 Å². The molecule has 1 atom stereocenters. The molecule has 0 aromatic carbocycles. The maximum absolute atomic E-state index is 11.8. The molecule has 0 radical (unpaired) electrons. The molecule has 1 saturated heterocycles. The lowest BCUT2D eigenvalue weighted by molar-refractivity contribution is -0.128. The second kappa shape index (κ2) is 5.41. The minimum absolute atomic E-state index is 0.136. The van der Waals surface area contributed by atoms with Crippen LogP contribution in [0.4, 0.5) is 0 Å². The van der Waals surface area contributed by atoms with E-state index in [0.717, 1.165) is 13.0 Å². The number of amides is 1. The molecule has 1 amide bonds. The molecule has 4 heteroatoms. The summed E-state index contributed by atoms with van der Waals surface area (Å²) in [5.41, 5.74) is 0. The molecule has 94 valence electrons. The predicted molar refractivity (Wildman–Crippen MR) is 70.6 cm³/mol. The fourth-order valence-corrected chi connectivity index (χ4v) is 2.19. The van der Waals surface area contributed by atoms with E-state index >= 15 is 0 Å². The summed E-state index contributed by atoms with van der Waals surface area (Å²) in [6, 6.07) is 0. The summed E-state index contributed by atoms with van der Waals surface area (Å²) in [7, 11) is 0. The largest absolute Gasteiger partial charge is 0.325 e. The van der Waals surface area contributed by atoms with Crippen molar-refractivity contribution in [3.63, 3.8) is 0 Å². The van der Waals surface area contributed by atoms with Gasteiger partial charge in [-0.3, -0.25) is 10.1 Å². The van der Waals surface area contributed by atoms with E-state index in [4.69, 9.17) is 0 Å². The average molecular weight is 244 g/mol. The molecule has 0 aromatic heterocycles. The Hall–Kier alpha value is -0.220. The van der Waals surface area contributed by atoms with E-state index in [2.05, 4.69) is 39.3 Å². The van der Waals surface area contributed by atoms with Crippen molar-refractivity contribution in [1.82, 2.24) is 10.2 Å². The van der Waals surface area contributed by atoms with Crippen molar-refractivity contribution in [2.75, 3.05) is 19.3 Å². The first-order valence-corrected chi connectivity index (χ1v) is 7.16. The Balaban J connectivity index is 2.63. The molecular formula is C12H24N2OS. The average Bonchev–Trinajstić information content (AvgIpc) is 2.49. The summed E-state index contributed by atoms with van der Waals surface area (Å²) >= 11 is 1.82. The Labute approximate surface area is 103 Å². The van der Waals surface area contributed by atoms with Crippen LogP contribution in [-0.2, 0) is 4.79 Å². The monoisotopic (exact) mass is 244 g/mol. The lowest BCUT2D eigenvalue weighted by atomic mass is 10.1. The normalized spacial score (nSPS) is 22.2. The molecule has 1 unspecified atom stereocenters. The summed E-state index contributed by atoms with van der Waals surface area (Å²) in [4.78, 5) is 13.8. The first kappa shape index (κ1) is 13.8. The van der Waals surface area contributed by atoms with Crippen LogP contribution in [0, 0.1) is 5.92 Å². The highest BCUT2D eigenvalue weighted by Gasteiger charge is 2.34. The molecule has 0 aromatic rings. The summed E-state index contributed by atoms with van der Waals surface area (Å²) < 4.78 is 0.136.